The Morgan fingerprint density at radius 1 is 1.00 bits per heavy atom. The van der Waals surface area contributed by atoms with Crippen LogP contribution in [-0.2, 0) is 16.6 Å². The van der Waals surface area contributed by atoms with E-state index in [2.05, 4.69) is 26.5 Å². The molecule has 3 aliphatic rings. The van der Waals surface area contributed by atoms with E-state index in [1.165, 1.54) is 19.4 Å². The van der Waals surface area contributed by atoms with E-state index in [1.807, 2.05) is 12.1 Å². The number of hydrogen-bond acceptors (Lipinski definition) is 6. The van der Waals surface area contributed by atoms with Gasteiger partial charge in [-0.15, -0.1) is 0 Å². The van der Waals surface area contributed by atoms with Crippen LogP contribution in [0.5, 0.6) is 0 Å². The third kappa shape index (κ3) is 3.84. The summed E-state index contributed by atoms with van der Waals surface area (Å²) in [5, 5.41) is 5.82. The average Bonchev–Trinajstić information content (AvgIpc) is 3.06. The normalized spacial score (nSPS) is 23.7. The third-order valence-corrected chi connectivity index (χ3v) is 7.29. The van der Waals surface area contributed by atoms with Gasteiger partial charge in [0, 0.05) is 46.2 Å². The largest absolute Gasteiger partial charge is 0.367 e. The maximum absolute atomic E-state index is 13.2. The van der Waals surface area contributed by atoms with Crippen molar-refractivity contribution in [3.05, 3.63) is 28.7 Å². The smallest absolute Gasteiger partial charge is 0.329 e. The first kappa shape index (κ1) is 21.2. The number of nitrogens with zero attached hydrogens (tertiary/aromatic N) is 4. The van der Waals surface area contributed by atoms with Gasteiger partial charge in [-0.2, -0.15) is 0 Å². The molecule has 0 saturated carbocycles. The van der Waals surface area contributed by atoms with E-state index in [0.29, 0.717) is 6.42 Å². The van der Waals surface area contributed by atoms with Crippen molar-refractivity contribution >= 4 is 28.5 Å². The molecular weight excluding hydrogens is 408 g/mol. The van der Waals surface area contributed by atoms with Gasteiger partial charge in [0.25, 0.3) is 0 Å². The van der Waals surface area contributed by atoms with Crippen LogP contribution in [0.4, 0.5) is 5.69 Å². The molecule has 9 nitrogen and oxygen atoms in total. The topological polar surface area (TPSA) is 91.6 Å². The van der Waals surface area contributed by atoms with Gasteiger partial charge in [-0.25, -0.2) is 4.79 Å². The number of fused-ring (bicyclic) bond motifs is 1. The summed E-state index contributed by atoms with van der Waals surface area (Å²) < 4.78 is 3.21. The van der Waals surface area contributed by atoms with Crippen LogP contribution in [0.25, 0.3) is 11.0 Å². The van der Waals surface area contributed by atoms with Crippen molar-refractivity contribution in [1.29, 1.82) is 0 Å². The number of imide groups is 1. The predicted octanol–water partition coefficient (Wildman–Crippen LogP) is 0.439. The summed E-state index contributed by atoms with van der Waals surface area (Å²) in [6, 6.07) is 5.28. The van der Waals surface area contributed by atoms with Crippen molar-refractivity contribution in [2.45, 2.75) is 31.7 Å². The standard InChI is InChI=1S/C23H32N6O3/c1-26-21-17(28-13-11-27(12-14-28)15-16-7-9-24-10-8-16)3-2-4-18(21)29(23(26)32)19-5-6-20(30)25-22(19)31/h2-4,16,19,24H,5-15H2,1H3,(H,25,30,31). The first-order chi connectivity index (χ1) is 15.5. The monoisotopic (exact) mass is 440 g/mol. The first-order valence-corrected chi connectivity index (χ1v) is 11.7. The highest BCUT2D eigenvalue weighted by molar-refractivity contribution is 6.00. The molecule has 1 atom stereocenters. The van der Waals surface area contributed by atoms with Crippen molar-refractivity contribution in [3.63, 3.8) is 0 Å². The maximum Gasteiger partial charge on any atom is 0.329 e. The first-order valence-electron chi connectivity index (χ1n) is 11.7. The van der Waals surface area contributed by atoms with Crippen LogP contribution in [0.1, 0.15) is 31.7 Å². The van der Waals surface area contributed by atoms with E-state index in [-0.39, 0.29) is 18.0 Å². The number of piperidine rings is 2. The Morgan fingerprint density at radius 3 is 2.47 bits per heavy atom. The van der Waals surface area contributed by atoms with Gasteiger partial charge in [0.15, 0.2) is 0 Å². The van der Waals surface area contributed by atoms with Crippen molar-refractivity contribution < 1.29 is 9.59 Å². The average molecular weight is 441 g/mol. The molecule has 2 aromatic rings. The van der Waals surface area contributed by atoms with Crippen LogP contribution >= 0.6 is 0 Å². The Bertz CT molecular complexity index is 1080. The number of anilines is 1. The molecule has 3 saturated heterocycles. The minimum absolute atomic E-state index is 0.216. The van der Waals surface area contributed by atoms with E-state index in [0.717, 1.165) is 61.9 Å². The molecular formula is C23H32N6O3. The zero-order chi connectivity index (χ0) is 22.2. The number of hydrogen-bond donors (Lipinski definition) is 2. The molecule has 172 valence electrons. The van der Waals surface area contributed by atoms with E-state index in [4.69, 9.17) is 0 Å². The second-order valence-electron chi connectivity index (χ2n) is 9.30. The quantitative estimate of drug-likeness (QED) is 0.671. The lowest BCUT2D eigenvalue weighted by molar-refractivity contribution is -0.135. The van der Waals surface area contributed by atoms with Gasteiger partial charge < -0.3 is 10.2 Å². The summed E-state index contributed by atoms with van der Waals surface area (Å²) in [4.78, 5) is 42.1. The van der Waals surface area contributed by atoms with Crippen molar-refractivity contribution in [1.82, 2.24) is 24.7 Å². The number of carbonyl (C=O) groups is 2. The van der Waals surface area contributed by atoms with Crippen molar-refractivity contribution in [3.8, 4) is 0 Å². The number of piperazine rings is 1. The minimum atomic E-state index is -0.652. The van der Waals surface area contributed by atoms with Gasteiger partial charge >= 0.3 is 5.69 Å². The number of aryl methyl sites for hydroxylation is 1. The van der Waals surface area contributed by atoms with Crippen LogP contribution in [-0.4, -0.2) is 71.7 Å². The molecule has 4 heterocycles. The lowest BCUT2D eigenvalue weighted by Crippen LogP contribution is -2.48. The Balaban J connectivity index is 1.38. The Kier molecular flexibility index (Phi) is 5.77. The molecule has 1 aromatic carbocycles. The molecule has 0 aliphatic carbocycles. The number of nitrogens with one attached hydrogen (secondary N) is 2. The molecule has 0 spiro atoms. The summed E-state index contributed by atoms with van der Waals surface area (Å²) >= 11 is 0. The molecule has 5 rings (SSSR count). The number of amides is 2. The highest BCUT2D eigenvalue weighted by Gasteiger charge is 2.32. The lowest BCUT2D eigenvalue weighted by Gasteiger charge is -2.38. The van der Waals surface area contributed by atoms with Gasteiger partial charge in [-0.05, 0) is 50.4 Å². The zero-order valence-corrected chi connectivity index (χ0v) is 18.7. The number of rotatable bonds is 4. The lowest BCUT2D eigenvalue weighted by atomic mass is 9.97. The SMILES string of the molecule is Cn1c(=O)n(C2CCC(=O)NC2=O)c2cccc(N3CCN(CC4CCNCC4)CC3)c21. The second-order valence-corrected chi connectivity index (χ2v) is 9.30. The minimum Gasteiger partial charge on any atom is -0.367 e. The van der Waals surface area contributed by atoms with Crippen LogP contribution < -0.4 is 21.2 Å². The van der Waals surface area contributed by atoms with E-state index in [9.17, 15) is 14.4 Å². The molecule has 0 radical (unpaired) electrons. The van der Waals surface area contributed by atoms with Gasteiger partial charge in [0.1, 0.15) is 6.04 Å². The maximum atomic E-state index is 13.2. The molecule has 3 aliphatic heterocycles. The highest BCUT2D eigenvalue weighted by atomic mass is 16.2. The summed E-state index contributed by atoms with van der Waals surface area (Å²) in [5.41, 5.74) is 2.43. The molecule has 3 fully saturated rings. The van der Waals surface area contributed by atoms with E-state index >= 15 is 0 Å². The summed E-state index contributed by atoms with van der Waals surface area (Å²) in [7, 11) is 1.77. The predicted molar refractivity (Wildman–Crippen MR) is 123 cm³/mol. The van der Waals surface area contributed by atoms with Gasteiger partial charge in [0.05, 0.1) is 16.7 Å². The molecule has 2 N–H and O–H groups in total. The zero-order valence-electron chi connectivity index (χ0n) is 18.7. The van der Waals surface area contributed by atoms with Crippen LogP contribution in [0.3, 0.4) is 0 Å². The number of imidazole rings is 1. The van der Waals surface area contributed by atoms with Crippen LogP contribution in [0.2, 0.25) is 0 Å². The molecule has 2 amide bonds. The van der Waals surface area contributed by atoms with Gasteiger partial charge in [-0.3, -0.25) is 28.9 Å². The fourth-order valence-electron chi connectivity index (χ4n) is 5.50. The fraction of sp³-hybridized carbons (Fsp3) is 0.609. The molecule has 32 heavy (non-hydrogen) atoms. The van der Waals surface area contributed by atoms with Gasteiger partial charge in [-0.1, -0.05) is 6.07 Å². The number of para-hydroxylation sites is 1. The Labute approximate surface area is 187 Å². The van der Waals surface area contributed by atoms with Crippen molar-refractivity contribution in [2.24, 2.45) is 13.0 Å². The summed E-state index contributed by atoms with van der Waals surface area (Å²) in [6.45, 7) is 7.30. The molecule has 1 unspecified atom stereocenters. The van der Waals surface area contributed by atoms with Gasteiger partial charge in [0.2, 0.25) is 11.8 Å². The van der Waals surface area contributed by atoms with Crippen molar-refractivity contribution in [2.75, 3.05) is 50.7 Å². The molecule has 1 aromatic heterocycles. The highest BCUT2D eigenvalue weighted by Crippen LogP contribution is 2.30. The third-order valence-electron chi connectivity index (χ3n) is 7.29. The Morgan fingerprint density at radius 2 is 1.75 bits per heavy atom. The number of aromatic nitrogens is 2. The number of benzene rings is 1. The number of carbonyl (C=O) groups excluding carboxylic acids is 2. The van der Waals surface area contributed by atoms with Crippen LogP contribution in [0, 0.1) is 5.92 Å². The molecule has 9 heteroatoms. The van der Waals surface area contributed by atoms with Crippen LogP contribution in [0.15, 0.2) is 23.0 Å². The fourth-order valence-corrected chi connectivity index (χ4v) is 5.50. The Hall–Kier alpha value is -2.65. The van der Waals surface area contributed by atoms with E-state index < -0.39 is 11.9 Å². The summed E-state index contributed by atoms with van der Waals surface area (Å²) in [6.07, 6.45) is 3.12. The summed E-state index contributed by atoms with van der Waals surface area (Å²) in [5.74, 6) is 0.116. The molecule has 0 bridgehead atoms. The van der Waals surface area contributed by atoms with E-state index in [1.54, 1.807) is 16.2 Å². The second kappa shape index (κ2) is 8.71.